The molecule has 1 saturated heterocycles. The van der Waals surface area contributed by atoms with Crippen LogP contribution in [0.1, 0.15) is 24.3 Å². The maximum Gasteiger partial charge on any atom is 0.316 e. The molecule has 1 unspecified atom stereocenters. The standard InChI is InChI=1S/C28H29N5O4S/c1-22(25-14-8-9-15-29-25)37-27-26(20-30-33(28(27)34)24-12-6-3-7-13-24)31-16-18-32(19-17-31)38(35,36)21-23-10-4-2-5-11-23/h2-15,20,22H,16-19,21H2,1H3. The Morgan fingerprint density at radius 1 is 0.895 bits per heavy atom. The third kappa shape index (κ3) is 5.61. The second-order valence-corrected chi connectivity index (χ2v) is 11.0. The summed E-state index contributed by atoms with van der Waals surface area (Å²) in [5, 5.41) is 4.42. The molecular weight excluding hydrogens is 502 g/mol. The van der Waals surface area contributed by atoms with Crippen LogP contribution in [0.15, 0.2) is 96.1 Å². The topological polar surface area (TPSA) is 97.6 Å². The van der Waals surface area contributed by atoms with Crippen LogP contribution < -0.4 is 15.2 Å². The fourth-order valence-electron chi connectivity index (χ4n) is 4.46. The summed E-state index contributed by atoms with van der Waals surface area (Å²) in [6.07, 6.45) is 2.81. The molecule has 2 aromatic carbocycles. The fraction of sp³-hybridized carbons (Fsp3) is 0.250. The number of hydrogen-bond acceptors (Lipinski definition) is 7. The Labute approximate surface area is 222 Å². The molecule has 5 rings (SSSR count). The number of hydrogen-bond donors (Lipinski definition) is 0. The van der Waals surface area contributed by atoms with Gasteiger partial charge in [-0.25, -0.2) is 8.42 Å². The number of piperazine rings is 1. The Bertz CT molecular complexity index is 1520. The number of para-hydroxylation sites is 1. The van der Waals surface area contributed by atoms with Gasteiger partial charge in [0, 0.05) is 32.4 Å². The average Bonchev–Trinajstić information content (AvgIpc) is 2.95. The van der Waals surface area contributed by atoms with E-state index in [4.69, 9.17) is 4.74 Å². The highest BCUT2D eigenvalue weighted by molar-refractivity contribution is 7.88. The maximum atomic E-state index is 13.6. The van der Waals surface area contributed by atoms with Crippen LogP contribution in [0.4, 0.5) is 5.69 Å². The SMILES string of the molecule is CC(Oc1c(N2CCN(S(=O)(=O)Cc3ccccc3)CC2)cnn(-c2ccccc2)c1=O)c1ccccn1. The molecule has 38 heavy (non-hydrogen) atoms. The van der Waals surface area contributed by atoms with E-state index in [1.165, 1.54) is 8.99 Å². The molecule has 0 N–H and O–H groups in total. The zero-order valence-electron chi connectivity index (χ0n) is 21.1. The number of anilines is 1. The van der Waals surface area contributed by atoms with Crippen molar-refractivity contribution >= 4 is 15.7 Å². The number of aromatic nitrogens is 3. The first-order chi connectivity index (χ1) is 18.4. The Morgan fingerprint density at radius 3 is 2.21 bits per heavy atom. The van der Waals surface area contributed by atoms with E-state index >= 15 is 0 Å². The van der Waals surface area contributed by atoms with Crippen LogP contribution >= 0.6 is 0 Å². The van der Waals surface area contributed by atoms with E-state index in [0.717, 1.165) is 5.56 Å². The van der Waals surface area contributed by atoms with Gasteiger partial charge in [0.05, 0.1) is 23.3 Å². The van der Waals surface area contributed by atoms with Crippen LogP contribution in [-0.2, 0) is 15.8 Å². The molecule has 196 valence electrons. The Balaban J connectivity index is 1.41. The highest BCUT2D eigenvalue weighted by atomic mass is 32.2. The monoisotopic (exact) mass is 531 g/mol. The highest BCUT2D eigenvalue weighted by Gasteiger charge is 2.30. The predicted octanol–water partition coefficient (Wildman–Crippen LogP) is 3.42. The molecule has 10 heteroatoms. The molecular formula is C28H29N5O4S. The molecule has 4 aromatic rings. The van der Waals surface area contributed by atoms with Crippen molar-refractivity contribution < 1.29 is 13.2 Å². The van der Waals surface area contributed by atoms with Crippen LogP contribution in [0.25, 0.3) is 5.69 Å². The minimum Gasteiger partial charge on any atom is -0.477 e. The van der Waals surface area contributed by atoms with Gasteiger partial charge in [0.15, 0.2) is 0 Å². The number of rotatable bonds is 8. The van der Waals surface area contributed by atoms with E-state index in [1.54, 1.807) is 24.5 Å². The summed E-state index contributed by atoms with van der Waals surface area (Å²) in [7, 11) is -3.47. The zero-order chi connectivity index (χ0) is 26.5. The number of benzene rings is 2. The summed E-state index contributed by atoms with van der Waals surface area (Å²) in [6.45, 7) is 3.24. The van der Waals surface area contributed by atoms with E-state index in [0.29, 0.717) is 43.2 Å². The lowest BCUT2D eigenvalue weighted by Crippen LogP contribution is -2.49. The first kappa shape index (κ1) is 25.6. The molecule has 0 aliphatic carbocycles. The van der Waals surface area contributed by atoms with Gasteiger partial charge in [-0.1, -0.05) is 54.6 Å². The van der Waals surface area contributed by atoms with Gasteiger partial charge in [-0.2, -0.15) is 14.1 Å². The van der Waals surface area contributed by atoms with Gasteiger partial charge >= 0.3 is 5.56 Å². The van der Waals surface area contributed by atoms with E-state index in [2.05, 4.69) is 10.1 Å². The largest absolute Gasteiger partial charge is 0.477 e. The normalized spacial score (nSPS) is 15.2. The van der Waals surface area contributed by atoms with Gasteiger partial charge in [0.2, 0.25) is 15.8 Å². The van der Waals surface area contributed by atoms with Crippen LogP contribution in [0, 0.1) is 0 Å². The molecule has 0 saturated carbocycles. The molecule has 3 heterocycles. The van der Waals surface area contributed by atoms with Crippen molar-refractivity contribution in [1.82, 2.24) is 19.1 Å². The zero-order valence-corrected chi connectivity index (χ0v) is 21.9. The lowest BCUT2D eigenvalue weighted by atomic mass is 10.2. The minimum atomic E-state index is -3.47. The van der Waals surface area contributed by atoms with Crippen molar-refractivity contribution in [1.29, 1.82) is 0 Å². The second kappa shape index (κ2) is 11.2. The Morgan fingerprint density at radius 2 is 1.55 bits per heavy atom. The highest BCUT2D eigenvalue weighted by Crippen LogP contribution is 2.29. The van der Waals surface area contributed by atoms with Gasteiger partial charge < -0.3 is 9.64 Å². The van der Waals surface area contributed by atoms with Crippen molar-refractivity contribution in [3.8, 4) is 11.4 Å². The van der Waals surface area contributed by atoms with Crippen LogP contribution in [0.2, 0.25) is 0 Å². The summed E-state index contributed by atoms with van der Waals surface area (Å²) in [5.74, 6) is 0.112. The number of nitrogens with zero attached hydrogens (tertiary/aromatic N) is 5. The van der Waals surface area contributed by atoms with Crippen molar-refractivity contribution in [3.05, 3.63) is 113 Å². The first-order valence-electron chi connectivity index (χ1n) is 12.4. The van der Waals surface area contributed by atoms with Crippen molar-refractivity contribution in [3.63, 3.8) is 0 Å². The van der Waals surface area contributed by atoms with Gasteiger partial charge in [0.1, 0.15) is 11.8 Å². The molecule has 1 atom stereocenters. The van der Waals surface area contributed by atoms with E-state index in [-0.39, 0.29) is 11.5 Å². The third-order valence-corrected chi connectivity index (χ3v) is 8.33. The van der Waals surface area contributed by atoms with Gasteiger partial charge in [0.25, 0.3) is 0 Å². The van der Waals surface area contributed by atoms with Gasteiger partial charge in [-0.15, -0.1) is 0 Å². The van der Waals surface area contributed by atoms with Crippen LogP contribution in [-0.4, -0.2) is 53.7 Å². The summed E-state index contributed by atoms with van der Waals surface area (Å²) in [5.41, 5.74) is 2.21. The van der Waals surface area contributed by atoms with E-state index in [1.807, 2.05) is 78.6 Å². The van der Waals surface area contributed by atoms with Crippen molar-refractivity contribution in [2.45, 2.75) is 18.8 Å². The number of pyridine rings is 1. The van der Waals surface area contributed by atoms with E-state index < -0.39 is 21.7 Å². The lowest BCUT2D eigenvalue weighted by molar-refractivity contribution is 0.217. The molecule has 0 radical (unpaired) electrons. The van der Waals surface area contributed by atoms with Crippen molar-refractivity contribution in [2.24, 2.45) is 0 Å². The molecule has 1 aliphatic heterocycles. The molecule has 0 amide bonds. The molecule has 1 fully saturated rings. The maximum absolute atomic E-state index is 13.6. The summed E-state index contributed by atoms with van der Waals surface area (Å²) >= 11 is 0. The van der Waals surface area contributed by atoms with Crippen molar-refractivity contribution in [2.75, 3.05) is 31.1 Å². The Kier molecular flexibility index (Phi) is 7.52. The second-order valence-electron chi connectivity index (χ2n) is 9.05. The average molecular weight is 532 g/mol. The summed E-state index contributed by atoms with van der Waals surface area (Å²) < 4.78 is 35.1. The number of ether oxygens (including phenoxy) is 1. The quantitative estimate of drug-likeness (QED) is 0.344. The molecule has 0 spiro atoms. The molecule has 0 bridgehead atoms. The Hall–Kier alpha value is -4.02. The van der Waals surface area contributed by atoms with Gasteiger partial charge in [-0.3, -0.25) is 9.78 Å². The molecule has 2 aromatic heterocycles. The van der Waals surface area contributed by atoms with Crippen LogP contribution in [0.3, 0.4) is 0 Å². The van der Waals surface area contributed by atoms with Gasteiger partial charge in [-0.05, 0) is 36.8 Å². The summed E-state index contributed by atoms with van der Waals surface area (Å²) in [6, 6.07) is 23.8. The third-order valence-electron chi connectivity index (χ3n) is 6.48. The lowest BCUT2D eigenvalue weighted by Gasteiger charge is -2.36. The van der Waals surface area contributed by atoms with E-state index in [9.17, 15) is 13.2 Å². The number of sulfonamides is 1. The molecule has 1 aliphatic rings. The first-order valence-corrected chi connectivity index (χ1v) is 14.1. The smallest absolute Gasteiger partial charge is 0.316 e. The van der Waals surface area contributed by atoms with Crippen LogP contribution in [0.5, 0.6) is 5.75 Å². The molecule has 9 nitrogen and oxygen atoms in total. The predicted molar refractivity (Wildman–Crippen MR) is 146 cm³/mol. The minimum absolute atomic E-state index is 0.0432. The summed E-state index contributed by atoms with van der Waals surface area (Å²) in [4.78, 5) is 20.0. The fourth-order valence-corrected chi connectivity index (χ4v) is 5.97.